The zero-order valence-corrected chi connectivity index (χ0v) is 27.1. The predicted molar refractivity (Wildman–Crippen MR) is 171 cm³/mol. The number of amides is 1. The first-order chi connectivity index (χ1) is 22.5. The van der Waals surface area contributed by atoms with E-state index < -0.39 is 41.3 Å². The highest BCUT2D eigenvalue weighted by atomic mass is 32.1. The van der Waals surface area contributed by atoms with Gasteiger partial charge in [0, 0.05) is 62.3 Å². The average molecular weight is 664 g/mol. The summed E-state index contributed by atoms with van der Waals surface area (Å²) in [7, 11) is 0. The molecular weight excluding hydrogens is 628 g/mol. The van der Waals surface area contributed by atoms with Gasteiger partial charge in [-0.15, -0.1) is 11.3 Å². The molecule has 6 rings (SSSR count). The molecule has 0 spiro atoms. The number of aliphatic imine (C=N–C) groups is 1. The minimum atomic E-state index is -2.03. The van der Waals surface area contributed by atoms with Crippen molar-refractivity contribution in [1.29, 1.82) is 0 Å². The molecule has 2 saturated heterocycles. The first-order valence-electron chi connectivity index (χ1n) is 15.4. The number of aromatic carboxylic acids is 1. The first-order valence-corrected chi connectivity index (χ1v) is 16.3. The number of carbonyl (C=O) groups excluding carboxylic acids is 2. The Morgan fingerprint density at radius 2 is 2.00 bits per heavy atom. The van der Waals surface area contributed by atoms with Crippen LogP contribution in [0.4, 0.5) is 8.78 Å². The van der Waals surface area contributed by atoms with Gasteiger partial charge in [-0.05, 0) is 55.2 Å². The number of rotatable bonds is 9. The smallest absolute Gasteiger partial charge is 0.338 e. The van der Waals surface area contributed by atoms with Crippen molar-refractivity contribution < 1.29 is 33.0 Å². The molecule has 10 nitrogen and oxygen atoms in total. The molecule has 3 atom stereocenters. The fourth-order valence-corrected chi connectivity index (χ4v) is 7.31. The number of carboxylic acid groups (broad SMARTS) is 1. The predicted octanol–water partition coefficient (Wildman–Crippen LogP) is 4.58. The van der Waals surface area contributed by atoms with Crippen LogP contribution in [0.5, 0.6) is 0 Å². The number of thiazole rings is 1. The molecule has 4 heterocycles. The summed E-state index contributed by atoms with van der Waals surface area (Å²) < 4.78 is 36.6. The van der Waals surface area contributed by atoms with Gasteiger partial charge in [0.15, 0.2) is 16.5 Å². The van der Waals surface area contributed by atoms with Crippen LogP contribution in [0.1, 0.15) is 57.0 Å². The summed E-state index contributed by atoms with van der Waals surface area (Å²) in [4.78, 5) is 51.1. The van der Waals surface area contributed by atoms with Crippen molar-refractivity contribution in [2.24, 2.45) is 10.9 Å². The number of nitrogens with zero attached hydrogens (tertiary/aromatic N) is 4. The molecule has 47 heavy (non-hydrogen) atoms. The summed E-state index contributed by atoms with van der Waals surface area (Å²) in [6, 6.07) is 8.67. The van der Waals surface area contributed by atoms with E-state index in [1.54, 1.807) is 51.2 Å². The lowest BCUT2D eigenvalue weighted by atomic mass is 9.84. The highest BCUT2D eigenvalue weighted by molar-refractivity contribution is 7.11. The van der Waals surface area contributed by atoms with Gasteiger partial charge in [0.05, 0.1) is 17.7 Å². The fraction of sp³-hybridized carbons (Fsp3) is 0.382. The molecule has 13 heteroatoms. The van der Waals surface area contributed by atoms with Gasteiger partial charge in [-0.2, -0.15) is 0 Å². The Hall–Kier alpha value is -4.49. The Morgan fingerprint density at radius 3 is 2.70 bits per heavy atom. The normalized spacial score (nSPS) is 23.0. The molecule has 1 amide bonds. The van der Waals surface area contributed by atoms with Gasteiger partial charge in [-0.25, -0.2) is 23.4 Å². The number of likely N-dealkylation sites (tertiary alicyclic amines) is 2. The van der Waals surface area contributed by atoms with Crippen LogP contribution in [0, 0.1) is 25.6 Å². The van der Waals surface area contributed by atoms with Crippen LogP contribution in [0.2, 0.25) is 0 Å². The SMILES string of the molecule is CCOC(=O)C1=C(CN2CC[C@]3(F)C(=O)N(Cc4ccc(C(=O)O)c(C)c4)C[C@@H]3C2)NC(c2nccs2)=N[C@H]1c1cccc(F)c1C. The highest BCUT2D eigenvalue weighted by Crippen LogP contribution is 2.41. The number of carboxylic acids is 1. The monoisotopic (exact) mass is 663 g/mol. The number of ether oxygens (including phenoxy) is 1. The van der Waals surface area contributed by atoms with Crippen LogP contribution >= 0.6 is 11.3 Å². The van der Waals surface area contributed by atoms with Crippen LogP contribution < -0.4 is 5.32 Å². The second-order valence-electron chi connectivity index (χ2n) is 12.1. The van der Waals surface area contributed by atoms with Crippen molar-refractivity contribution >= 4 is 35.0 Å². The Bertz CT molecular complexity index is 1790. The van der Waals surface area contributed by atoms with E-state index in [0.29, 0.717) is 33.2 Å². The van der Waals surface area contributed by atoms with Crippen LogP contribution in [0.3, 0.4) is 0 Å². The molecule has 2 N–H and O–H groups in total. The molecule has 246 valence electrons. The van der Waals surface area contributed by atoms with E-state index in [1.165, 1.54) is 28.4 Å². The van der Waals surface area contributed by atoms with Crippen molar-refractivity contribution in [1.82, 2.24) is 20.1 Å². The third kappa shape index (κ3) is 6.17. The second kappa shape index (κ2) is 13.0. The van der Waals surface area contributed by atoms with Gasteiger partial charge in [-0.1, -0.05) is 24.3 Å². The lowest BCUT2D eigenvalue weighted by Gasteiger charge is -2.38. The largest absolute Gasteiger partial charge is 0.478 e. The van der Waals surface area contributed by atoms with Crippen LogP contribution in [0.25, 0.3) is 0 Å². The number of hydrogen-bond donors (Lipinski definition) is 2. The fourth-order valence-electron chi connectivity index (χ4n) is 6.72. The number of nitrogens with one attached hydrogen (secondary N) is 1. The van der Waals surface area contributed by atoms with Crippen LogP contribution in [-0.2, 0) is 20.9 Å². The van der Waals surface area contributed by atoms with E-state index in [0.717, 1.165) is 5.56 Å². The number of hydrogen-bond acceptors (Lipinski definition) is 9. The van der Waals surface area contributed by atoms with E-state index in [4.69, 9.17) is 9.73 Å². The summed E-state index contributed by atoms with van der Waals surface area (Å²) in [6.45, 7) is 6.25. The molecule has 0 bridgehead atoms. The standard InChI is InChI=1S/C34H35F2N5O5S/c1-4-46-32(44)27-26(38-29(30-37-11-13-47-30)39-28(27)24-6-5-7-25(35)20(24)3)18-40-12-10-34(36)22(16-40)17-41(33(34)45)15-21-8-9-23(31(42)43)19(2)14-21/h5-9,11,13-14,22,28H,4,10,12,15-18H2,1-3H3,(H,38,39)(H,42,43)/t22-,28-,34+/m0/s1. The van der Waals surface area contributed by atoms with E-state index in [-0.39, 0.29) is 56.9 Å². The second-order valence-corrected chi connectivity index (χ2v) is 13.0. The third-order valence-corrected chi connectivity index (χ3v) is 9.92. The van der Waals surface area contributed by atoms with E-state index in [9.17, 15) is 23.9 Å². The number of carbonyl (C=O) groups is 3. The Labute approximate surface area is 274 Å². The number of piperidine rings is 1. The molecule has 3 aliphatic rings. The van der Waals surface area contributed by atoms with Crippen molar-refractivity contribution in [2.45, 2.75) is 45.4 Å². The minimum absolute atomic E-state index is 0.0220. The third-order valence-electron chi connectivity index (χ3n) is 9.14. The molecule has 0 unspecified atom stereocenters. The van der Waals surface area contributed by atoms with E-state index in [2.05, 4.69) is 10.3 Å². The quantitative estimate of drug-likeness (QED) is 0.319. The number of alkyl halides is 1. The Kier molecular flexibility index (Phi) is 8.95. The van der Waals surface area contributed by atoms with E-state index in [1.807, 2.05) is 10.3 Å². The number of benzene rings is 2. The maximum absolute atomic E-state index is 16.4. The summed E-state index contributed by atoms with van der Waals surface area (Å²) in [5.41, 5.74) is 1.06. The molecule has 2 fully saturated rings. The van der Waals surface area contributed by atoms with Crippen LogP contribution in [0.15, 0.2) is 64.2 Å². The number of aromatic nitrogens is 1. The molecule has 0 aliphatic carbocycles. The summed E-state index contributed by atoms with van der Waals surface area (Å²) in [6.07, 6.45) is 1.62. The van der Waals surface area contributed by atoms with Crippen molar-refractivity contribution in [3.8, 4) is 0 Å². The number of aryl methyl sites for hydroxylation is 1. The lowest BCUT2D eigenvalue weighted by Crippen LogP contribution is -2.52. The van der Waals surface area contributed by atoms with Gasteiger partial charge in [0.25, 0.3) is 5.91 Å². The van der Waals surface area contributed by atoms with E-state index >= 15 is 4.39 Å². The molecule has 0 radical (unpaired) electrons. The molecule has 1 aromatic heterocycles. The van der Waals surface area contributed by atoms with Crippen molar-refractivity contribution in [2.75, 3.05) is 32.8 Å². The maximum Gasteiger partial charge on any atom is 0.338 e. The lowest BCUT2D eigenvalue weighted by molar-refractivity contribution is -0.141. The molecular formula is C34H35F2N5O5S. The average Bonchev–Trinajstić information content (AvgIpc) is 3.65. The number of amidine groups is 1. The number of esters is 1. The van der Waals surface area contributed by atoms with Gasteiger partial charge in [-0.3, -0.25) is 14.7 Å². The molecule has 2 aromatic carbocycles. The van der Waals surface area contributed by atoms with Crippen molar-refractivity contribution in [3.05, 3.63) is 97.9 Å². The zero-order chi connectivity index (χ0) is 33.5. The molecule has 0 saturated carbocycles. The molecule has 3 aliphatic heterocycles. The number of fused-ring (bicyclic) bond motifs is 1. The van der Waals surface area contributed by atoms with Gasteiger partial charge in [0.2, 0.25) is 0 Å². The minimum Gasteiger partial charge on any atom is -0.478 e. The molecule has 3 aromatic rings. The summed E-state index contributed by atoms with van der Waals surface area (Å²) >= 11 is 1.37. The van der Waals surface area contributed by atoms with Crippen LogP contribution in [-0.4, -0.2) is 82.0 Å². The summed E-state index contributed by atoms with van der Waals surface area (Å²) in [5.74, 6) is -2.79. The zero-order valence-electron chi connectivity index (χ0n) is 26.3. The van der Waals surface area contributed by atoms with Crippen molar-refractivity contribution in [3.63, 3.8) is 0 Å². The highest BCUT2D eigenvalue weighted by Gasteiger charge is 2.57. The Balaban J connectivity index is 1.28. The number of halogens is 2. The first kappa shape index (κ1) is 32.5. The van der Waals surface area contributed by atoms with Gasteiger partial charge >= 0.3 is 11.9 Å². The summed E-state index contributed by atoms with van der Waals surface area (Å²) in [5, 5.41) is 15.0. The van der Waals surface area contributed by atoms with Gasteiger partial charge in [0.1, 0.15) is 11.9 Å². The van der Waals surface area contributed by atoms with Gasteiger partial charge < -0.3 is 20.1 Å². The Morgan fingerprint density at radius 1 is 1.19 bits per heavy atom. The topological polar surface area (TPSA) is 124 Å². The maximum atomic E-state index is 16.4.